The van der Waals surface area contributed by atoms with E-state index in [1.54, 1.807) is 0 Å². The van der Waals surface area contributed by atoms with Gasteiger partial charge in [0.2, 0.25) is 0 Å². The van der Waals surface area contributed by atoms with Crippen molar-refractivity contribution in [1.29, 1.82) is 0 Å². The molecule has 9 nitrogen and oxygen atoms in total. The highest BCUT2D eigenvalue weighted by Gasteiger charge is 2.21. The molecule has 0 saturated heterocycles. The minimum atomic E-state index is -0.980. The topological polar surface area (TPSA) is 83.1 Å². The predicted molar refractivity (Wildman–Crippen MR) is 202 cm³/mol. The first-order valence-corrected chi connectivity index (χ1v) is 19.8. The van der Waals surface area contributed by atoms with E-state index in [0.717, 1.165) is 127 Å². The molecule has 0 spiro atoms. The number of hydrogen-bond acceptors (Lipinski definition) is 9. The van der Waals surface area contributed by atoms with Crippen molar-refractivity contribution in [2.75, 3.05) is 39.6 Å². The molecule has 0 aromatic heterocycles. The SMILES string of the molecule is CCCCOC(CCCCOC(OCc1ccccc1)OC(OCCCCC(OCCCC)OCCCC)OCc1ccccc1)OCCCC. The molecule has 0 bridgehead atoms. The van der Waals surface area contributed by atoms with E-state index in [1.807, 2.05) is 60.7 Å². The van der Waals surface area contributed by atoms with Crippen molar-refractivity contribution < 1.29 is 42.6 Å². The van der Waals surface area contributed by atoms with Crippen LogP contribution in [0.25, 0.3) is 0 Å². The van der Waals surface area contributed by atoms with Crippen molar-refractivity contribution in [3.8, 4) is 0 Å². The van der Waals surface area contributed by atoms with Crippen molar-refractivity contribution in [1.82, 2.24) is 0 Å². The molecule has 2 aromatic carbocycles. The zero-order valence-electron chi connectivity index (χ0n) is 32.3. The zero-order valence-corrected chi connectivity index (χ0v) is 32.3. The summed E-state index contributed by atoms with van der Waals surface area (Å²) in [5.74, 6) is 0. The average molecular weight is 719 g/mol. The second kappa shape index (κ2) is 32.7. The van der Waals surface area contributed by atoms with E-state index in [1.165, 1.54) is 0 Å². The van der Waals surface area contributed by atoms with Gasteiger partial charge in [-0.05, 0) is 75.3 Å². The van der Waals surface area contributed by atoms with Crippen molar-refractivity contribution in [3.05, 3.63) is 71.8 Å². The van der Waals surface area contributed by atoms with E-state index in [0.29, 0.717) is 26.4 Å². The van der Waals surface area contributed by atoms with Gasteiger partial charge in [-0.2, -0.15) is 0 Å². The van der Waals surface area contributed by atoms with Crippen LogP contribution < -0.4 is 0 Å². The van der Waals surface area contributed by atoms with Crippen LogP contribution in [0.2, 0.25) is 0 Å². The fraction of sp³-hybridized carbons (Fsp3) is 0.714. The van der Waals surface area contributed by atoms with E-state index >= 15 is 0 Å². The Morgan fingerprint density at radius 3 is 1.04 bits per heavy atom. The van der Waals surface area contributed by atoms with Crippen LogP contribution in [0.15, 0.2) is 60.7 Å². The highest BCUT2D eigenvalue weighted by Crippen LogP contribution is 2.16. The lowest BCUT2D eigenvalue weighted by Crippen LogP contribution is -2.31. The van der Waals surface area contributed by atoms with Crippen LogP contribution in [-0.2, 0) is 55.8 Å². The number of hydrogen-bond donors (Lipinski definition) is 0. The number of unbranched alkanes of at least 4 members (excludes halogenated alkanes) is 6. The third-order valence-electron chi connectivity index (χ3n) is 8.06. The van der Waals surface area contributed by atoms with E-state index in [2.05, 4.69) is 27.7 Å². The molecule has 9 heteroatoms. The second-order valence-electron chi connectivity index (χ2n) is 12.8. The summed E-state index contributed by atoms with van der Waals surface area (Å²) in [5, 5.41) is 0. The Labute approximate surface area is 309 Å². The molecule has 0 fully saturated rings. The highest BCUT2D eigenvalue weighted by molar-refractivity contribution is 5.14. The molecule has 0 aliphatic carbocycles. The minimum Gasteiger partial charge on any atom is -0.353 e. The van der Waals surface area contributed by atoms with Crippen LogP contribution in [0.4, 0.5) is 0 Å². The third-order valence-corrected chi connectivity index (χ3v) is 8.06. The van der Waals surface area contributed by atoms with Gasteiger partial charge in [0.15, 0.2) is 12.6 Å². The lowest BCUT2D eigenvalue weighted by Gasteiger charge is -2.25. The standard InChI is InChI=1S/C42H70O9/c1-5-9-29-43-39(44-30-10-6-2)27-19-21-33-47-41(49-35-37-23-15-13-16-24-37)51-42(50-36-38-25-17-14-18-26-38)48-34-22-20-28-40(45-31-11-7-3)46-32-12-8-4/h13-18,23-26,39-42H,5-12,19-22,27-36H2,1-4H3. The van der Waals surface area contributed by atoms with Gasteiger partial charge in [-0.1, -0.05) is 114 Å². The molecule has 0 aliphatic rings. The van der Waals surface area contributed by atoms with E-state index in [4.69, 9.17) is 42.6 Å². The summed E-state index contributed by atoms with van der Waals surface area (Å²) in [6.07, 6.45) is 13.2. The average Bonchev–Trinajstić information content (AvgIpc) is 3.16. The van der Waals surface area contributed by atoms with Crippen LogP contribution in [0.3, 0.4) is 0 Å². The highest BCUT2D eigenvalue weighted by atomic mass is 16.9. The fourth-order valence-corrected chi connectivity index (χ4v) is 4.87. The summed E-state index contributed by atoms with van der Waals surface area (Å²) in [6, 6.07) is 20.0. The lowest BCUT2D eigenvalue weighted by atomic mass is 10.2. The molecule has 0 saturated carbocycles. The van der Waals surface area contributed by atoms with Crippen molar-refractivity contribution in [2.45, 2.75) is 156 Å². The Morgan fingerprint density at radius 2 is 0.706 bits per heavy atom. The molecular formula is C42H70O9. The summed E-state index contributed by atoms with van der Waals surface area (Å²) >= 11 is 0. The number of rotatable bonds is 36. The first-order valence-electron chi connectivity index (χ1n) is 19.8. The lowest BCUT2D eigenvalue weighted by molar-refractivity contribution is -0.403. The van der Waals surface area contributed by atoms with Crippen molar-refractivity contribution >= 4 is 0 Å². The Morgan fingerprint density at radius 1 is 0.373 bits per heavy atom. The maximum atomic E-state index is 6.22. The molecule has 292 valence electrons. The molecule has 2 atom stereocenters. The molecular weight excluding hydrogens is 648 g/mol. The van der Waals surface area contributed by atoms with Crippen LogP contribution in [0.1, 0.15) is 129 Å². The summed E-state index contributed by atoms with van der Waals surface area (Å²) in [7, 11) is 0. The molecule has 2 aromatic rings. The Kier molecular flexibility index (Phi) is 29.0. The van der Waals surface area contributed by atoms with E-state index in [-0.39, 0.29) is 12.6 Å². The molecule has 2 rings (SSSR count). The van der Waals surface area contributed by atoms with Gasteiger partial charge in [-0.15, -0.1) is 0 Å². The molecule has 2 unspecified atom stereocenters. The van der Waals surface area contributed by atoms with Gasteiger partial charge in [-0.3, -0.25) is 4.74 Å². The molecule has 0 amide bonds. The predicted octanol–water partition coefficient (Wildman–Crippen LogP) is 10.3. The first-order chi connectivity index (χ1) is 25.2. The molecule has 0 heterocycles. The minimum absolute atomic E-state index is 0.185. The molecule has 0 aliphatic heterocycles. The number of ether oxygens (including phenoxy) is 9. The first kappa shape index (κ1) is 45.2. The molecule has 51 heavy (non-hydrogen) atoms. The maximum absolute atomic E-state index is 6.22. The fourth-order valence-electron chi connectivity index (χ4n) is 4.87. The quantitative estimate of drug-likeness (QED) is 0.0505. The van der Waals surface area contributed by atoms with Gasteiger partial charge in [0.05, 0.1) is 26.4 Å². The summed E-state index contributed by atoms with van der Waals surface area (Å²) in [5.41, 5.74) is 2.04. The maximum Gasteiger partial charge on any atom is 0.275 e. The van der Waals surface area contributed by atoms with Crippen molar-refractivity contribution in [3.63, 3.8) is 0 Å². The van der Waals surface area contributed by atoms with E-state index < -0.39 is 13.0 Å². The third kappa shape index (κ3) is 24.9. The van der Waals surface area contributed by atoms with Crippen LogP contribution >= 0.6 is 0 Å². The van der Waals surface area contributed by atoms with Gasteiger partial charge in [0.25, 0.3) is 13.0 Å². The van der Waals surface area contributed by atoms with Gasteiger partial charge < -0.3 is 37.9 Å². The van der Waals surface area contributed by atoms with E-state index in [9.17, 15) is 0 Å². The Bertz CT molecular complexity index is 897. The molecule has 0 N–H and O–H groups in total. The normalized spacial score (nSPS) is 13.0. The van der Waals surface area contributed by atoms with Crippen molar-refractivity contribution in [2.24, 2.45) is 0 Å². The number of benzene rings is 2. The monoisotopic (exact) mass is 719 g/mol. The van der Waals surface area contributed by atoms with Crippen LogP contribution in [-0.4, -0.2) is 65.2 Å². The van der Waals surface area contributed by atoms with Crippen LogP contribution in [0.5, 0.6) is 0 Å². The van der Waals surface area contributed by atoms with Gasteiger partial charge >= 0.3 is 0 Å². The molecule has 0 radical (unpaired) electrons. The van der Waals surface area contributed by atoms with Gasteiger partial charge in [-0.25, -0.2) is 0 Å². The Hall–Kier alpha value is -1.92. The Balaban J connectivity index is 1.95. The van der Waals surface area contributed by atoms with Gasteiger partial charge in [0, 0.05) is 26.4 Å². The zero-order chi connectivity index (χ0) is 36.5. The summed E-state index contributed by atoms with van der Waals surface area (Å²) in [6.45, 7) is 11.1. The smallest absolute Gasteiger partial charge is 0.275 e. The largest absolute Gasteiger partial charge is 0.353 e. The van der Waals surface area contributed by atoms with Crippen LogP contribution in [0, 0.1) is 0 Å². The second-order valence-corrected chi connectivity index (χ2v) is 12.8. The summed E-state index contributed by atoms with van der Waals surface area (Å²) < 4.78 is 54.9. The summed E-state index contributed by atoms with van der Waals surface area (Å²) in [4.78, 5) is 0. The van der Waals surface area contributed by atoms with Gasteiger partial charge in [0.1, 0.15) is 0 Å².